The van der Waals surface area contributed by atoms with E-state index in [9.17, 15) is 13.2 Å². The van der Waals surface area contributed by atoms with Gasteiger partial charge < -0.3 is 10.6 Å². The molecule has 116 valence electrons. The summed E-state index contributed by atoms with van der Waals surface area (Å²) < 4.78 is 38.6. The number of hydrogen-bond acceptors (Lipinski definition) is 2. The first-order chi connectivity index (χ1) is 9.96. The van der Waals surface area contributed by atoms with Gasteiger partial charge in [-0.1, -0.05) is 18.2 Å². The van der Waals surface area contributed by atoms with Gasteiger partial charge in [-0.3, -0.25) is 0 Å². The molecule has 2 aliphatic rings. The van der Waals surface area contributed by atoms with E-state index in [0.29, 0.717) is 19.4 Å². The van der Waals surface area contributed by atoms with E-state index in [1.807, 2.05) is 12.1 Å². The van der Waals surface area contributed by atoms with Crippen LogP contribution in [0.5, 0.6) is 0 Å². The summed E-state index contributed by atoms with van der Waals surface area (Å²) >= 11 is 0. The van der Waals surface area contributed by atoms with Gasteiger partial charge in [0.25, 0.3) is 0 Å². The Morgan fingerprint density at radius 3 is 2.48 bits per heavy atom. The maximum absolute atomic E-state index is 12.9. The van der Waals surface area contributed by atoms with Crippen molar-refractivity contribution in [2.75, 3.05) is 18.0 Å². The Kier molecular flexibility index (Phi) is 3.64. The molecule has 2 N–H and O–H groups in total. The van der Waals surface area contributed by atoms with Crippen molar-refractivity contribution < 1.29 is 13.2 Å². The van der Waals surface area contributed by atoms with E-state index in [4.69, 9.17) is 5.73 Å². The highest BCUT2D eigenvalue weighted by Crippen LogP contribution is 2.46. The molecule has 1 aliphatic heterocycles. The highest BCUT2D eigenvalue weighted by Gasteiger charge is 2.48. The fourth-order valence-corrected chi connectivity index (χ4v) is 3.90. The molecule has 1 heterocycles. The third-order valence-electron chi connectivity index (χ3n) is 5.22. The van der Waals surface area contributed by atoms with Gasteiger partial charge in [0.2, 0.25) is 0 Å². The number of nitrogens with two attached hydrogens (primary N) is 1. The molecule has 1 aromatic carbocycles. The number of para-hydroxylation sites is 1. The van der Waals surface area contributed by atoms with Crippen LogP contribution in [0.15, 0.2) is 24.3 Å². The minimum absolute atomic E-state index is 0.194. The molecule has 0 bridgehead atoms. The zero-order chi connectivity index (χ0) is 15.1. The second kappa shape index (κ2) is 5.20. The van der Waals surface area contributed by atoms with E-state index in [1.54, 1.807) is 0 Å². The highest BCUT2D eigenvalue weighted by molar-refractivity contribution is 5.60. The SMILES string of the molecule is NCC1(N2CCc3ccccc32)CCC(C(F)(F)F)CC1. The van der Waals surface area contributed by atoms with Gasteiger partial charge in [-0.05, 0) is 43.7 Å². The van der Waals surface area contributed by atoms with Gasteiger partial charge in [0.05, 0.1) is 11.5 Å². The molecule has 2 nitrogen and oxygen atoms in total. The Morgan fingerprint density at radius 2 is 1.86 bits per heavy atom. The number of anilines is 1. The van der Waals surface area contributed by atoms with E-state index in [2.05, 4.69) is 17.0 Å². The second-order valence-electron chi connectivity index (χ2n) is 6.27. The van der Waals surface area contributed by atoms with Crippen molar-refractivity contribution in [3.63, 3.8) is 0 Å². The van der Waals surface area contributed by atoms with Crippen LogP contribution in [0.25, 0.3) is 0 Å². The Morgan fingerprint density at radius 1 is 1.19 bits per heavy atom. The van der Waals surface area contributed by atoms with Crippen LogP contribution in [0.2, 0.25) is 0 Å². The van der Waals surface area contributed by atoms with Crippen LogP contribution in [-0.2, 0) is 6.42 Å². The summed E-state index contributed by atoms with van der Waals surface area (Å²) in [5.74, 6) is -1.16. The monoisotopic (exact) mass is 298 g/mol. The van der Waals surface area contributed by atoms with Crippen molar-refractivity contribution in [2.45, 2.75) is 43.8 Å². The summed E-state index contributed by atoms with van der Waals surface area (Å²) in [4.78, 5) is 2.27. The van der Waals surface area contributed by atoms with Crippen LogP contribution in [0, 0.1) is 5.92 Å². The number of alkyl halides is 3. The summed E-state index contributed by atoms with van der Waals surface area (Å²) in [6.45, 7) is 1.29. The second-order valence-corrected chi connectivity index (χ2v) is 6.27. The van der Waals surface area contributed by atoms with E-state index in [-0.39, 0.29) is 18.4 Å². The molecule has 1 aromatic rings. The first-order valence-corrected chi connectivity index (χ1v) is 7.59. The Labute approximate surface area is 123 Å². The summed E-state index contributed by atoms with van der Waals surface area (Å²) in [6, 6.07) is 8.16. The molecule has 0 radical (unpaired) electrons. The molecule has 0 spiro atoms. The van der Waals surface area contributed by atoms with Gasteiger partial charge >= 0.3 is 6.18 Å². The Balaban J connectivity index is 1.81. The minimum Gasteiger partial charge on any atom is -0.364 e. The fraction of sp³-hybridized carbons (Fsp3) is 0.625. The number of fused-ring (bicyclic) bond motifs is 1. The van der Waals surface area contributed by atoms with Gasteiger partial charge in [-0.2, -0.15) is 13.2 Å². The van der Waals surface area contributed by atoms with Crippen LogP contribution in [-0.4, -0.2) is 24.8 Å². The number of benzene rings is 1. The van der Waals surface area contributed by atoms with Crippen molar-refractivity contribution in [1.82, 2.24) is 0 Å². The van der Waals surface area contributed by atoms with E-state index in [0.717, 1.165) is 18.7 Å². The molecule has 0 saturated heterocycles. The van der Waals surface area contributed by atoms with Gasteiger partial charge in [0.1, 0.15) is 0 Å². The van der Waals surface area contributed by atoms with Crippen LogP contribution in [0.4, 0.5) is 18.9 Å². The van der Waals surface area contributed by atoms with Crippen LogP contribution >= 0.6 is 0 Å². The molecule has 21 heavy (non-hydrogen) atoms. The maximum atomic E-state index is 12.9. The lowest BCUT2D eigenvalue weighted by molar-refractivity contribution is -0.184. The third kappa shape index (κ3) is 2.52. The molecule has 0 unspecified atom stereocenters. The summed E-state index contributed by atoms with van der Waals surface area (Å²) in [5.41, 5.74) is 8.15. The van der Waals surface area contributed by atoms with Gasteiger partial charge in [-0.15, -0.1) is 0 Å². The van der Waals surface area contributed by atoms with E-state index in [1.165, 1.54) is 5.56 Å². The van der Waals surface area contributed by atoms with Crippen molar-refractivity contribution in [3.8, 4) is 0 Å². The van der Waals surface area contributed by atoms with Crippen LogP contribution in [0.3, 0.4) is 0 Å². The fourth-order valence-electron chi connectivity index (χ4n) is 3.90. The highest BCUT2D eigenvalue weighted by atomic mass is 19.4. The molecular formula is C16H21F3N2. The van der Waals surface area contributed by atoms with Crippen LogP contribution in [0.1, 0.15) is 31.2 Å². The molecule has 0 aromatic heterocycles. The lowest BCUT2D eigenvalue weighted by Crippen LogP contribution is -2.56. The molecule has 1 saturated carbocycles. The van der Waals surface area contributed by atoms with Crippen LogP contribution < -0.4 is 10.6 Å². The van der Waals surface area contributed by atoms with Crippen molar-refractivity contribution in [2.24, 2.45) is 11.7 Å². The predicted molar refractivity (Wildman–Crippen MR) is 77.3 cm³/mol. The lowest BCUT2D eigenvalue weighted by Gasteiger charge is -2.47. The van der Waals surface area contributed by atoms with Crippen molar-refractivity contribution >= 4 is 5.69 Å². The summed E-state index contributed by atoms with van der Waals surface area (Å²) in [6.07, 6.45) is -1.66. The Bertz CT molecular complexity index is 504. The maximum Gasteiger partial charge on any atom is 0.391 e. The minimum atomic E-state index is -4.07. The summed E-state index contributed by atoms with van der Waals surface area (Å²) in [5, 5.41) is 0. The lowest BCUT2D eigenvalue weighted by atomic mass is 9.75. The standard InChI is InChI=1S/C16H21F3N2/c17-16(18,19)13-5-8-15(11-20,9-6-13)21-10-7-12-3-1-2-4-14(12)21/h1-4,13H,5-11,20H2. The van der Waals surface area contributed by atoms with Crippen molar-refractivity contribution in [1.29, 1.82) is 0 Å². The molecule has 5 heteroatoms. The average molecular weight is 298 g/mol. The first-order valence-electron chi connectivity index (χ1n) is 7.59. The molecule has 1 fully saturated rings. The van der Waals surface area contributed by atoms with E-state index >= 15 is 0 Å². The van der Waals surface area contributed by atoms with Gasteiger partial charge in [0, 0.05) is 18.8 Å². The molecule has 1 aliphatic carbocycles. The third-order valence-corrected chi connectivity index (χ3v) is 5.22. The number of rotatable bonds is 2. The first kappa shape index (κ1) is 14.7. The smallest absolute Gasteiger partial charge is 0.364 e. The largest absolute Gasteiger partial charge is 0.391 e. The van der Waals surface area contributed by atoms with Crippen molar-refractivity contribution in [3.05, 3.63) is 29.8 Å². The predicted octanol–water partition coefficient (Wildman–Crippen LogP) is 3.50. The molecule has 0 atom stereocenters. The van der Waals surface area contributed by atoms with E-state index < -0.39 is 12.1 Å². The van der Waals surface area contributed by atoms with Gasteiger partial charge in [-0.25, -0.2) is 0 Å². The number of hydrogen-bond donors (Lipinski definition) is 1. The average Bonchev–Trinajstić information content (AvgIpc) is 2.91. The Hall–Kier alpha value is -1.23. The molecule has 0 amide bonds. The molecular weight excluding hydrogens is 277 g/mol. The topological polar surface area (TPSA) is 29.3 Å². The van der Waals surface area contributed by atoms with Gasteiger partial charge in [0.15, 0.2) is 0 Å². The normalized spacial score (nSPS) is 29.5. The quantitative estimate of drug-likeness (QED) is 0.905. The molecule has 3 rings (SSSR count). The summed E-state index contributed by atoms with van der Waals surface area (Å²) in [7, 11) is 0. The zero-order valence-corrected chi connectivity index (χ0v) is 12.0. The number of nitrogens with zero attached hydrogens (tertiary/aromatic N) is 1. The number of halogens is 3. The zero-order valence-electron chi connectivity index (χ0n) is 12.0.